The molecule has 0 aliphatic rings. The van der Waals surface area contributed by atoms with E-state index in [0.717, 1.165) is 38.5 Å². The first-order valence-electron chi connectivity index (χ1n) is 20.0. The van der Waals surface area contributed by atoms with Crippen LogP contribution in [0.1, 0.15) is 0 Å². The van der Waals surface area contributed by atoms with Crippen molar-refractivity contribution in [3.63, 3.8) is 0 Å². The van der Waals surface area contributed by atoms with Crippen LogP contribution < -0.4 is 0 Å². The van der Waals surface area contributed by atoms with E-state index in [1.807, 2.05) is 18.2 Å². The van der Waals surface area contributed by atoms with Gasteiger partial charge in [0.15, 0.2) is 17.5 Å². The standard InChI is InChI=1S/C55H34N4/c1-3-13-35(14-4-1)39-23-24-41-34-42(26-25-40(41)33-39)54-56-53(38-17-5-2-6-18-38)57-55(58-54)47-29-32-48(46-22-12-11-21-45(46)47)59-49-30-27-36-15-7-9-19-43(36)51(49)52-44-20-10-8-16-37(44)28-31-50(52)59/h1-34H. The molecule has 0 N–H and O–H groups in total. The zero-order chi connectivity index (χ0) is 38.9. The van der Waals surface area contributed by atoms with E-state index in [-0.39, 0.29) is 0 Å². The Labute approximate surface area is 340 Å². The molecule has 0 saturated heterocycles. The van der Waals surface area contributed by atoms with Gasteiger partial charge in [0.1, 0.15) is 0 Å². The van der Waals surface area contributed by atoms with Crippen molar-refractivity contribution in [3.8, 4) is 51.0 Å². The second kappa shape index (κ2) is 13.3. The minimum Gasteiger partial charge on any atom is -0.309 e. The van der Waals surface area contributed by atoms with E-state index in [0.29, 0.717) is 17.5 Å². The Hall–Kier alpha value is -7.95. The third-order valence-electron chi connectivity index (χ3n) is 11.8. The molecule has 12 aromatic rings. The van der Waals surface area contributed by atoms with Crippen molar-refractivity contribution in [2.45, 2.75) is 0 Å². The Kier molecular flexibility index (Phi) is 7.50. The van der Waals surface area contributed by atoms with Gasteiger partial charge in [-0.25, -0.2) is 15.0 Å². The molecule has 0 radical (unpaired) electrons. The fraction of sp³-hybridized carbons (Fsp3) is 0. The van der Waals surface area contributed by atoms with Gasteiger partial charge in [-0.2, -0.15) is 0 Å². The average Bonchev–Trinajstić information content (AvgIpc) is 3.66. The summed E-state index contributed by atoms with van der Waals surface area (Å²) < 4.78 is 2.45. The van der Waals surface area contributed by atoms with Crippen LogP contribution >= 0.6 is 0 Å². The minimum absolute atomic E-state index is 0.635. The van der Waals surface area contributed by atoms with Gasteiger partial charge in [0, 0.05) is 32.8 Å². The highest BCUT2D eigenvalue weighted by Gasteiger charge is 2.21. The molecule has 59 heavy (non-hydrogen) atoms. The van der Waals surface area contributed by atoms with Crippen LogP contribution in [-0.4, -0.2) is 19.5 Å². The highest BCUT2D eigenvalue weighted by molar-refractivity contribution is 6.29. The number of fused-ring (bicyclic) bond motifs is 9. The van der Waals surface area contributed by atoms with Crippen molar-refractivity contribution in [1.82, 2.24) is 19.5 Å². The Morgan fingerprint density at radius 1 is 0.288 bits per heavy atom. The molecule has 12 rings (SSSR count). The quantitative estimate of drug-likeness (QED) is 0.176. The van der Waals surface area contributed by atoms with Crippen molar-refractivity contribution in [2.24, 2.45) is 0 Å². The highest BCUT2D eigenvalue weighted by atomic mass is 15.0. The van der Waals surface area contributed by atoms with Gasteiger partial charge in [0.2, 0.25) is 0 Å². The summed E-state index contributed by atoms with van der Waals surface area (Å²) in [7, 11) is 0. The van der Waals surface area contributed by atoms with Crippen LogP contribution in [0.25, 0.3) is 116 Å². The molecule has 0 fully saturated rings. The van der Waals surface area contributed by atoms with Crippen LogP contribution in [0.15, 0.2) is 206 Å². The Balaban J connectivity index is 1.07. The third kappa shape index (κ3) is 5.42. The molecule has 0 aliphatic heterocycles. The zero-order valence-corrected chi connectivity index (χ0v) is 31.9. The van der Waals surface area contributed by atoms with Crippen LogP contribution in [0, 0.1) is 0 Å². The lowest BCUT2D eigenvalue weighted by atomic mass is 9.99. The lowest BCUT2D eigenvalue weighted by molar-refractivity contribution is 1.08. The smallest absolute Gasteiger partial charge is 0.164 e. The Bertz CT molecular complexity index is 3510. The first kappa shape index (κ1) is 33.2. The van der Waals surface area contributed by atoms with Gasteiger partial charge in [-0.1, -0.05) is 170 Å². The van der Waals surface area contributed by atoms with Crippen LogP contribution in [0.5, 0.6) is 0 Å². The summed E-state index contributed by atoms with van der Waals surface area (Å²) in [5.41, 5.74) is 8.69. The number of hydrogen-bond donors (Lipinski definition) is 0. The predicted molar refractivity (Wildman–Crippen MR) is 246 cm³/mol. The molecule has 0 aliphatic carbocycles. The molecule has 0 bridgehead atoms. The molecule has 4 heteroatoms. The Morgan fingerprint density at radius 3 is 1.41 bits per heavy atom. The van der Waals surface area contributed by atoms with Crippen molar-refractivity contribution in [1.29, 1.82) is 0 Å². The topological polar surface area (TPSA) is 43.6 Å². The van der Waals surface area contributed by atoms with Crippen molar-refractivity contribution in [3.05, 3.63) is 206 Å². The molecule has 0 unspecified atom stereocenters. The number of hydrogen-bond acceptors (Lipinski definition) is 3. The molecule has 0 amide bonds. The molecular formula is C55H34N4. The molecule has 10 aromatic carbocycles. The van der Waals surface area contributed by atoms with E-state index < -0.39 is 0 Å². The SMILES string of the molecule is c1ccc(-c2ccc3cc(-c4nc(-c5ccccc5)nc(-c5ccc(-n6c7ccc8ccccc8c7c7c8ccccc8ccc76)c6ccccc56)n4)ccc3c2)cc1. The van der Waals surface area contributed by atoms with Gasteiger partial charge in [0.25, 0.3) is 0 Å². The van der Waals surface area contributed by atoms with Crippen molar-refractivity contribution in [2.75, 3.05) is 0 Å². The van der Waals surface area contributed by atoms with Crippen LogP contribution in [0.3, 0.4) is 0 Å². The second-order valence-corrected chi connectivity index (χ2v) is 15.2. The fourth-order valence-corrected chi connectivity index (χ4v) is 9.02. The lowest BCUT2D eigenvalue weighted by Crippen LogP contribution is -2.02. The maximum Gasteiger partial charge on any atom is 0.164 e. The molecule has 0 spiro atoms. The average molecular weight is 751 g/mol. The number of benzene rings is 10. The second-order valence-electron chi connectivity index (χ2n) is 15.2. The molecule has 2 aromatic heterocycles. The lowest BCUT2D eigenvalue weighted by Gasteiger charge is -2.15. The first-order valence-corrected chi connectivity index (χ1v) is 20.0. The largest absolute Gasteiger partial charge is 0.309 e. The van der Waals surface area contributed by atoms with E-state index in [9.17, 15) is 0 Å². The molecule has 0 atom stereocenters. The maximum absolute atomic E-state index is 5.25. The van der Waals surface area contributed by atoms with Crippen LogP contribution in [-0.2, 0) is 0 Å². The summed E-state index contributed by atoms with van der Waals surface area (Å²) in [6.07, 6.45) is 0. The van der Waals surface area contributed by atoms with Gasteiger partial charge >= 0.3 is 0 Å². The maximum atomic E-state index is 5.25. The normalized spacial score (nSPS) is 11.7. The van der Waals surface area contributed by atoms with Gasteiger partial charge in [-0.05, 0) is 85.2 Å². The van der Waals surface area contributed by atoms with Crippen LogP contribution in [0.4, 0.5) is 0 Å². The van der Waals surface area contributed by atoms with E-state index in [4.69, 9.17) is 15.0 Å². The number of aromatic nitrogens is 4. The number of rotatable bonds is 5. The van der Waals surface area contributed by atoms with E-state index >= 15 is 0 Å². The van der Waals surface area contributed by atoms with Gasteiger partial charge in [-0.3, -0.25) is 0 Å². The summed E-state index contributed by atoms with van der Waals surface area (Å²) in [5, 5.41) is 12.0. The summed E-state index contributed by atoms with van der Waals surface area (Å²) >= 11 is 0. The van der Waals surface area contributed by atoms with E-state index in [1.165, 1.54) is 59.9 Å². The fourth-order valence-electron chi connectivity index (χ4n) is 9.02. The summed E-state index contributed by atoms with van der Waals surface area (Å²) in [4.78, 5) is 15.5. The van der Waals surface area contributed by atoms with Crippen molar-refractivity contribution < 1.29 is 0 Å². The van der Waals surface area contributed by atoms with E-state index in [1.54, 1.807) is 0 Å². The monoisotopic (exact) mass is 750 g/mol. The molecule has 0 saturated carbocycles. The highest BCUT2D eigenvalue weighted by Crippen LogP contribution is 2.43. The molecule has 2 heterocycles. The van der Waals surface area contributed by atoms with Gasteiger partial charge in [0.05, 0.1) is 16.7 Å². The molecule has 4 nitrogen and oxygen atoms in total. The van der Waals surface area contributed by atoms with E-state index in [2.05, 4.69) is 193 Å². The Morgan fingerprint density at radius 2 is 0.763 bits per heavy atom. The minimum atomic E-state index is 0.635. The van der Waals surface area contributed by atoms with Gasteiger partial charge < -0.3 is 4.57 Å². The van der Waals surface area contributed by atoms with Crippen molar-refractivity contribution >= 4 is 64.9 Å². The zero-order valence-electron chi connectivity index (χ0n) is 31.9. The molecular weight excluding hydrogens is 717 g/mol. The number of nitrogens with zero attached hydrogens (tertiary/aromatic N) is 4. The van der Waals surface area contributed by atoms with Gasteiger partial charge in [-0.15, -0.1) is 0 Å². The summed E-state index contributed by atoms with van der Waals surface area (Å²) in [5.74, 6) is 1.91. The van der Waals surface area contributed by atoms with Crippen LogP contribution in [0.2, 0.25) is 0 Å². The molecule has 274 valence electrons. The first-order chi connectivity index (χ1) is 29.2. The third-order valence-corrected chi connectivity index (χ3v) is 11.8. The summed E-state index contributed by atoms with van der Waals surface area (Å²) in [6, 6.07) is 73.4. The predicted octanol–water partition coefficient (Wildman–Crippen LogP) is 14.2. The summed E-state index contributed by atoms with van der Waals surface area (Å²) in [6.45, 7) is 0.